The molecule has 2 aromatic carbocycles. The van der Waals surface area contributed by atoms with Crippen molar-refractivity contribution >= 4 is 23.5 Å². The molecule has 0 spiro atoms. The number of hydrogen-bond donors (Lipinski definition) is 2. The van der Waals surface area contributed by atoms with E-state index in [1.807, 2.05) is 62.5 Å². The molecule has 2 rings (SSSR count). The molecule has 0 heterocycles. The van der Waals surface area contributed by atoms with Gasteiger partial charge in [0.25, 0.3) is 0 Å². The normalized spacial score (nSPS) is 11.6. The molecule has 0 aliphatic rings. The van der Waals surface area contributed by atoms with Crippen LogP contribution in [0.1, 0.15) is 77.2 Å². The third-order valence-corrected chi connectivity index (χ3v) is 6.19. The lowest BCUT2D eigenvalue weighted by Gasteiger charge is -2.18. The van der Waals surface area contributed by atoms with Crippen molar-refractivity contribution in [2.75, 3.05) is 11.9 Å². The lowest BCUT2D eigenvalue weighted by Crippen LogP contribution is -2.42. The number of carboxylic acids is 1. The van der Waals surface area contributed by atoms with Crippen LogP contribution in [-0.2, 0) is 20.8 Å². The van der Waals surface area contributed by atoms with Crippen LogP contribution < -0.4 is 10.2 Å². The molecule has 2 aromatic rings. The van der Waals surface area contributed by atoms with E-state index in [0.717, 1.165) is 35.2 Å². The van der Waals surface area contributed by atoms with Crippen molar-refractivity contribution in [1.82, 2.24) is 5.32 Å². The summed E-state index contributed by atoms with van der Waals surface area (Å²) in [7, 11) is 1.82. The fourth-order valence-electron chi connectivity index (χ4n) is 4.02. The molecule has 0 radical (unpaired) electrons. The van der Waals surface area contributed by atoms with E-state index in [0.29, 0.717) is 19.3 Å². The summed E-state index contributed by atoms with van der Waals surface area (Å²) in [6.45, 7) is 4.08. The maximum atomic E-state index is 12.6. The number of carbonyl (C=O) groups is 3. The average molecular weight is 481 g/mol. The van der Waals surface area contributed by atoms with Crippen molar-refractivity contribution < 1.29 is 19.5 Å². The highest BCUT2D eigenvalue weighted by Crippen LogP contribution is 2.25. The third-order valence-electron chi connectivity index (χ3n) is 6.19. The summed E-state index contributed by atoms with van der Waals surface area (Å²) < 4.78 is 0. The number of nitrogens with zero attached hydrogens (tertiary/aromatic N) is 1. The lowest BCUT2D eigenvalue weighted by atomic mass is 10.00. The molecule has 0 aliphatic carbocycles. The number of benzene rings is 2. The second-order valence-electron chi connectivity index (χ2n) is 9.13. The maximum Gasteiger partial charge on any atom is 0.326 e. The summed E-state index contributed by atoms with van der Waals surface area (Å²) in [6, 6.07) is 14.6. The lowest BCUT2D eigenvalue weighted by molar-refractivity contribution is -0.141. The van der Waals surface area contributed by atoms with E-state index in [-0.39, 0.29) is 18.2 Å². The standard InChI is InChI=1S/C29H40N2O4/c1-4-6-7-8-9-10-15-28(33)31(3)25-14-11-13-24(21-25)23-18-16-22(17-19-23)20-26(29(34)35)30-27(32)12-5-2/h11,13-14,16-19,21,26H,4-10,12,15,20H2,1-3H3,(H,30,32)(H,34,35)/t26-/m0/s1. The van der Waals surface area contributed by atoms with Gasteiger partial charge >= 0.3 is 5.97 Å². The predicted molar refractivity (Wildman–Crippen MR) is 141 cm³/mol. The van der Waals surface area contributed by atoms with E-state index < -0.39 is 12.0 Å². The van der Waals surface area contributed by atoms with Crippen molar-refractivity contribution in [1.29, 1.82) is 0 Å². The fourth-order valence-corrected chi connectivity index (χ4v) is 4.02. The van der Waals surface area contributed by atoms with Gasteiger partial charge in [-0.15, -0.1) is 0 Å². The topological polar surface area (TPSA) is 86.7 Å². The predicted octanol–water partition coefficient (Wildman–Crippen LogP) is 5.98. The van der Waals surface area contributed by atoms with E-state index in [1.54, 1.807) is 4.90 Å². The van der Waals surface area contributed by atoms with Crippen molar-refractivity contribution in [3.63, 3.8) is 0 Å². The van der Waals surface area contributed by atoms with Crippen LogP contribution in [0.2, 0.25) is 0 Å². The van der Waals surface area contributed by atoms with Crippen molar-refractivity contribution in [2.24, 2.45) is 0 Å². The molecule has 0 saturated carbocycles. The highest BCUT2D eigenvalue weighted by atomic mass is 16.4. The average Bonchev–Trinajstić information content (AvgIpc) is 2.85. The number of hydrogen-bond acceptors (Lipinski definition) is 3. The van der Waals surface area contributed by atoms with Crippen LogP contribution in [0.5, 0.6) is 0 Å². The van der Waals surface area contributed by atoms with Crippen molar-refractivity contribution in [3.05, 3.63) is 54.1 Å². The summed E-state index contributed by atoms with van der Waals surface area (Å²) >= 11 is 0. The molecule has 0 fully saturated rings. The van der Waals surface area contributed by atoms with Crippen LogP contribution >= 0.6 is 0 Å². The number of carboxylic acid groups (broad SMARTS) is 1. The summed E-state index contributed by atoms with van der Waals surface area (Å²) in [5.41, 5.74) is 3.65. The summed E-state index contributed by atoms with van der Waals surface area (Å²) in [5.74, 6) is -1.17. The summed E-state index contributed by atoms with van der Waals surface area (Å²) in [6.07, 6.45) is 8.70. The molecule has 0 bridgehead atoms. The van der Waals surface area contributed by atoms with Crippen LogP contribution in [0.4, 0.5) is 5.69 Å². The molecule has 0 saturated heterocycles. The van der Waals surface area contributed by atoms with Crippen LogP contribution in [0.15, 0.2) is 48.5 Å². The van der Waals surface area contributed by atoms with Gasteiger partial charge < -0.3 is 15.3 Å². The molecule has 0 aromatic heterocycles. The first-order valence-corrected chi connectivity index (χ1v) is 12.8. The van der Waals surface area contributed by atoms with Gasteiger partial charge in [0.05, 0.1) is 0 Å². The summed E-state index contributed by atoms with van der Waals surface area (Å²) in [5, 5.41) is 12.1. The third kappa shape index (κ3) is 9.55. The van der Waals surface area contributed by atoms with Crippen LogP contribution in [-0.4, -0.2) is 36.0 Å². The monoisotopic (exact) mass is 480 g/mol. The Morgan fingerprint density at radius 3 is 2.20 bits per heavy atom. The van der Waals surface area contributed by atoms with Gasteiger partial charge in [0, 0.05) is 32.0 Å². The molecule has 0 aliphatic heterocycles. The molecule has 190 valence electrons. The van der Waals surface area contributed by atoms with Crippen LogP contribution in [0.3, 0.4) is 0 Å². The minimum Gasteiger partial charge on any atom is -0.480 e. The van der Waals surface area contributed by atoms with Crippen LogP contribution in [0, 0.1) is 0 Å². The number of nitrogens with one attached hydrogen (secondary N) is 1. The second-order valence-corrected chi connectivity index (χ2v) is 9.13. The van der Waals surface area contributed by atoms with Crippen molar-refractivity contribution in [2.45, 2.75) is 84.1 Å². The van der Waals surface area contributed by atoms with E-state index >= 15 is 0 Å². The van der Waals surface area contributed by atoms with E-state index in [2.05, 4.69) is 12.2 Å². The highest BCUT2D eigenvalue weighted by Gasteiger charge is 2.20. The Morgan fingerprint density at radius 1 is 0.857 bits per heavy atom. The molecular weight excluding hydrogens is 440 g/mol. The second kappa shape index (κ2) is 15.0. The number of aliphatic carboxylic acids is 1. The van der Waals surface area contributed by atoms with E-state index in [4.69, 9.17) is 0 Å². The number of rotatable bonds is 15. The Hall–Kier alpha value is -3.15. The minimum absolute atomic E-state index is 0.123. The van der Waals surface area contributed by atoms with E-state index in [1.165, 1.54) is 25.7 Å². The quantitative estimate of drug-likeness (QED) is 0.307. The first-order valence-electron chi connectivity index (χ1n) is 12.8. The fraction of sp³-hybridized carbons (Fsp3) is 0.483. The molecule has 1 atom stereocenters. The van der Waals surface area contributed by atoms with Gasteiger partial charge in [-0.2, -0.15) is 0 Å². The van der Waals surface area contributed by atoms with E-state index in [9.17, 15) is 19.5 Å². The molecule has 6 heteroatoms. The van der Waals surface area contributed by atoms with Gasteiger partial charge in [-0.3, -0.25) is 9.59 Å². The Labute approximate surface area is 209 Å². The Bertz CT molecular complexity index is 955. The van der Waals surface area contributed by atoms with Gasteiger partial charge in [0.1, 0.15) is 6.04 Å². The molecule has 2 amide bonds. The van der Waals surface area contributed by atoms with Gasteiger partial charge in [-0.25, -0.2) is 4.79 Å². The number of amides is 2. The molecular formula is C29H40N2O4. The zero-order valence-electron chi connectivity index (χ0n) is 21.4. The zero-order valence-corrected chi connectivity index (χ0v) is 21.4. The molecule has 6 nitrogen and oxygen atoms in total. The number of unbranched alkanes of at least 4 members (excludes halogenated alkanes) is 5. The Balaban J connectivity index is 1.99. The largest absolute Gasteiger partial charge is 0.480 e. The molecule has 2 N–H and O–H groups in total. The minimum atomic E-state index is -1.04. The molecule has 0 unspecified atom stereocenters. The molecule has 35 heavy (non-hydrogen) atoms. The van der Waals surface area contributed by atoms with Gasteiger partial charge in [-0.1, -0.05) is 82.3 Å². The SMILES string of the molecule is CCCCCCCCC(=O)N(C)c1cccc(-c2ccc(C[C@H](NC(=O)CCC)C(=O)O)cc2)c1. The van der Waals surface area contributed by atoms with Crippen LogP contribution in [0.25, 0.3) is 11.1 Å². The first-order chi connectivity index (χ1) is 16.8. The number of carbonyl (C=O) groups excluding carboxylic acids is 2. The Kier molecular flexibility index (Phi) is 12.0. The maximum absolute atomic E-state index is 12.6. The Morgan fingerprint density at radius 2 is 1.54 bits per heavy atom. The summed E-state index contributed by atoms with van der Waals surface area (Å²) in [4.78, 5) is 37.8. The van der Waals surface area contributed by atoms with Gasteiger partial charge in [0.15, 0.2) is 0 Å². The van der Waals surface area contributed by atoms with Crippen molar-refractivity contribution in [3.8, 4) is 11.1 Å². The highest BCUT2D eigenvalue weighted by molar-refractivity contribution is 5.93. The first kappa shape index (κ1) is 28.1. The van der Waals surface area contributed by atoms with Gasteiger partial charge in [-0.05, 0) is 41.7 Å². The van der Waals surface area contributed by atoms with Gasteiger partial charge in [0.2, 0.25) is 11.8 Å². The smallest absolute Gasteiger partial charge is 0.326 e. The number of anilines is 1. The zero-order chi connectivity index (χ0) is 25.6.